The third-order valence-electron chi connectivity index (χ3n) is 1.71. The van der Waals surface area contributed by atoms with Crippen LogP contribution in [0.1, 0.15) is 5.56 Å². The van der Waals surface area contributed by atoms with Gasteiger partial charge in [-0.25, -0.2) is 0 Å². The number of aliphatic hydroxyl groups is 1. The van der Waals surface area contributed by atoms with Crippen LogP contribution < -0.4 is 0 Å². The molecule has 1 aromatic carbocycles. The quantitative estimate of drug-likeness (QED) is 0.844. The van der Waals surface area contributed by atoms with Crippen LogP contribution in [0.15, 0.2) is 47.5 Å². The van der Waals surface area contributed by atoms with E-state index >= 15 is 0 Å². The Balaban J connectivity index is 2.71. The summed E-state index contributed by atoms with van der Waals surface area (Å²) in [6, 6.07) is 9.01. The summed E-state index contributed by atoms with van der Waals surface area (Å²) in [6.07, 6.45) is -0.800. The van der Waals surface area contributed by atoms with Crippen LogP contribution in [0.4, 0.5) is 8.78 Å². The normalized spacial score (nSPS) is 12.8. The monoisotopic (exact) mass is 230 g/mol. The molecule has 0 bridgehead atoms. The molecule has 0 saturated heterocycles. The van der Waals surface area contributed by atoms with Gasteiger partial charge in [-0.3, -0.25) is 0 Å². The molecule has 0 amide bonds. The summed E-state index contributed by atoms with van der Waals surface area (Å²) >= 11 is 5.16. The van der Waals surface area contributed by atoms with Crippen LogP contribution in [0, 0.1) is 0 Å². The summed E-state index contributed by atoms with van der Waals surface area (Å²) < 4.78 is 23.9. The van der Waals surface area contributed by atoms with Crippen LogP contribution in [0.25, 0.3) is 6.08 Å². The fourth-order valence-electron chi connectivity index (χ4n) is 0.963. The van der Waals surface area contributed by atoms with E-state index in [0.29, 0.717) is 0 Å². The SMILES string of the molecule is OC(/C=C/c1ccccc1)C(Cl)=C(F)F. The number of benzene rings is 1. The van der Waals surface area contributed by atoms with Gasteiger partial charge in [-0.05, 0) is 5.56 Å². The largest absolute Gasteiger partial charge is 0.383 e. The number of aliphatic hydroxyl groups excluding tert-OH is 1. The van der Waals surface area contributed by atoms with Gasteiger partial charge in [0.1, 0.15) is 11.1 Å². The molecule has 1 atom stereocenters. The van der Waals surface area contributed by atoms with Gasteiger partial charge in [-0.15, -0.1) is 0 Å². The Morgan fingerprint density at radius 3 is 2.40 bits per heavy atom. The number of hydrogen-bond donors (Lipinski definition) is 1. The molecule has 0 saturated carbocycles. The Bertz CT molecular complexity index is 369. The standard InChI is InChI=1S/C11H9ClF2O/c12-10(11(13)14)9(15)7-6-8-4-2-1-3-5-8/h1-7,9,15H/b7-6+. The summed E-state index contributed by atoms with van der Waals surface area (Å²) in [5.74, 6) is 0. The second-order valence-corrected chi connectivity index (χ2v) is 3.23. The average Bonchev–Trinajstić information content (AvgIpc) is 2.26. The minimum Gasteiger partial charge on any atom is -0.383 e. The average molecular weight is 231 g/mol. The third kappa shape index (κ3) is 3.81. The highest BCUT2D eigenvalue weighted by Gasteiger charge is 2.10. The maximum absolute atomic E-state index is 12.0. The molecular formula is C11H9ClF2O. The number of halogens is 3. The minimum absolute atomic E-state index is 0.806. The first-order valence-electron chi connectivity index (χ1n) is 4.23. The molecule has 1 unspecified atom stereocenters. The van der Waals surface area contributed by atoms with Crippen molar-refractivity contribution in [3.8, 4) is 0 Å². The lowest BCUT2D eigenvalue weighted by Crippen LogP contribution is -2.02. The lowest BCUT2D eigenvalue weighted by molar-refractivity contribution is 0.256. The van der Waals surface area contributed by atoms with E-state index in [1.165, 1.54) is 12.2 Å². The van der Waals surface area contributed by atoms with E-state index in [1.54, 1.807) is 24.3 Å². The van der Waals surface area contributed by atoms with Gasteiger partial charge in [0.05, 0.1) is 0 Å². The van der Waals surface area contributed by atoms with Crippen LogP contribution in [0.3, 0.4) is 0 Å². The van der Waals surface area contributed by atoms with Crippen molar-refractivity contribution in [2.24, 2.45) is 0 Å². The van der Waals surface area contributed by atoms with Gasteiger partial charge in [0.25, 0.3) is 6.08 Å². The molecule has 1 rings (SSSR count). The molecule has 1 N–H and O–H groups in total. The Hall–Kier alpha value is -1.19. The Morgan fingerprint density at radius 2 is 1.87 bits per heavy atom. The van der Waals surface area contributed by atoms with Crippen LogP contribution >= 0.6 is 11.6 Å². The van der Waals surface area contributed by atoms with E-state index in [1.807, 2.05) is 6.07 Å². The van der Waals surface area contributed by atoms with Crippen molar-refractivity contribution in [1.82, 2.24) is 0 Å². The van der Waals surface area contributed by atoms with Crippen molar-refractivity contribution in [3.63, 3.8) is 0 Å². The van der Waals surface area contributed by atoms with Gasteiger partial charge in [0, 0.05) is 0 Å². The molecule has 0 aliphatic rings. The smallest absolute Gasteiger partial charge is 0.287 e. The van der Waals surface area contributed by atoms with Gasteiger partial charge in [0.2, 0.25) is 0 Å². The Labute approximate surface area is 91.3 Å². The first-order valence-corrected chi connectivity index (χ1v) is 4.61. The predicted molar refractivity (Wildman–Crippen MR) is 56.6 cm³/mol. The zero-order valence-corrected chi connectivity index (χ0v) is 8.46. The van der Waals surface area contributed by atoms with Crippen LogP contribution in [0.5, 0.6) is 0 Å². The minimum atomic E-state index is -2.07. The fourth-order valence-corrected chi connectivity index (χ4v) is 1.04. The summed E-state index contributed by atoms with van der Waals surface area (Å²) in [5, 5.41) is 8.35. The molecule has 15 heavy (non-hydrogen) atoms. The van der Waals surface area contributed by atoms with Gasteiger partial charge in [-0.1, -0.05) is 54.1 Å². The highest BCUT2D eigenvalue weighted by Crippen LogP contribution is 2.18. The van der Waals surface area contributed by atoms with E-state index in [9.17, 15) is 13.9 Å². The summed E-state index contributed by atoms with van der Waals surface area (Å²) in [5.41, 5.74) is 0.806. The Kier molecular flexibility index (Phi) is 4.46. The molecule has 0 radical (unpaired) electrons. The molecule has 0 spiro atoms. The van der Waals surface area contributed by atoms with E-state index in [-0.39, 0.29) is 0 Å². The van der Waals surface area contributed by atoms with Crippen molar-refractivity contribution >= 4 is 17.7 Å². The number of rotatable bonds is 3. The molecule has 4 heteroatoms. The van der Waals surface area contributed by atoms with Gasteiger partial charge >= 0.3 is 0 Å². The maximum atomic E-state index is 12.0. The van der Waals surface area contributed by atoms with Gasteiger partial charge in [-0.2, -0.15) is 8.78 Å². The fraction of sp³-hybridized carbons (Fsp3) is 0.0909. The molecule has 0 aliphatic heterocycles. The topological polar surface area (TPSA) is 20.2 Å². The van der Waals surface area contributed by atoms with Gasteiger partial charge in [0.15, 0.2) is 0 Å². The molecule has 80 valence electrons. The van der Waals surface area contributed by atoms with Crippen molar-refractivity contribution in [2.75, 3.05) is 0 Å². The van der Waals surface area contributed by atoms with Crippen LogP contribution in [-0.4, -0.2) is 11.2 Å². The third-order valence-corrected chi connectivity index (χ3v) is 2.08. The highest BCUT2D eigenvalue weighted by molar-refractivity contribution is 6.30. The van der Waals surface area contributed by atoms with Crippen molar-refractivity contribution in [2.45, 2.75) is 6.10 Å². The summed E-state index contributed by atoms with van der Waals surface area (Å²) in [7, 11) is 0. The zero-order valence-electron chi connectivity index (χ0n) is 7.70. The maximum Gasteiger partial charge on any atom is 0.287 e. The van der Waals surface area contributed by atoms with E-state index in [2.05, 4.69) is 0 Å². The predicted octanol–water partition coefficient (Wildman–Crippen LogP) is 3.41. The van der Waals surface area contributed by atoms with E-state index in [0.717, 1.165) is 5.56 Å². The molecule has 0 heterocycles. The van der Waals surface area contributed by atoms with Crippen molar-refractivity contribution in [1.29, 1.82) is 0 Å². The zero-order chi connectivity index (χ0) is 11.3. The molecule has 0 aromatic heterocycles. The second-order valence-electron chi connectivity index (χ2n) is 2.82. The second kappa shape index (κ2) is 5.63. The molecule has 0 fully saturated rings. The van der Waals surface area contributed by atoms with E-state index in [4.69, 9.17) is 11.6 Å². The van der Waals surface area contributed by atoms with Gasteiger partial charge < -0.3 is 5.11 Å². The van der Waals surface area contributed by atoms with Crippen molar-refractivity contribution < 1.29 is 13.9 Å². The summed E-state index contributed by atoms with van der Waals surface area (Å²) in [4.78, 5) is 0. The highest BCUT2D eigenvalue weighted by atomic mass is 35.5. The molecular weight excluding hydrogens is 222 g/mol. The molecule has 0 aliphatic carbocycles. The van der Waals surface area contributed by atoms with E-state index < -0.39 is 17.2 Å². The van der Waals surface area contributed by atoms with Crippen molar-refractivity contribution in [3.05, 3.63) is 53.1 Å². The molecule has 1 aromatic rings. The van der Waals surface area contributed by atoms with Crippen LogP contribution in [-0.2, 0) is 0 Å². The lowest BCUT2D eigenvalue weighted by Gasteiger charge is -2.01. The lowest BCUT2D eigenvalue weighted by atomic mass is 10.2. The first-order chi connectivity index (χ1) is 7.11. The van der Waals surface area contributed by atoms with Crippen LogP contribution in [0.2, 0.25) is 0 Å². The first kappa shape index (κ1) is 11.9. The summed E-state index contributed by atoms with van der Waals surface area (Å²) in [6.45, 7) is 0. The Morgan fingerprint density at radius 1 is 1.27 bits per heavy atom. The molecule has 1 nitrogen and oxygen atoms in total. The number of hydrogen-bond acceptors (Lipinski definition) is 1.